The number of alkyl halides is 4. The van der Waals surface area contributed by atoms with Crippen molar-refractivity contribution in [2.45, 2.75) is 11.5 Å². The molecule has 0 spiro atoms. The van der Waals surface area contributed by atoms with Crippen molar-refractivity contribution < 1.29 is 13.2 Å². The maximum atomic E-state index is 12.7. The Hall–Kier alpha value is -1.30. The Bertz CT molecular complexity index is 505. The molecular formula is C11H8BrF3N2. The monoisotopic (exact) mass is 304 g/mol. The molecule has 0 atom stereocenters. The second-order valence-corrected chi connectivity index (χ2v) is 3.98. The maximum absolute atomic E-state index is 12.7. The molecule has 0 bridgehead atoms. The molecule has 0 aliphatic carbocycles. The van der Waals surface area contributed by atoms with E-state index in [9.17, 15) is 13.2 Å². The number of halogens is 4. The molecule has 1 aromatic carbocycles. The Morgan fingerprint density at radius 3 is 2.35 bits per heavy atom. The number of aromatic nitrogens is 2. The van der Waals surface area contributed by atoms with Crippen LogP contribution >= 0.6 is 15.9 Å². The number of hydrogen-bond donors (Lipinski definition) is 1. The van der Waals surface area contributed by atoms with Gasteiger partial charge in [-0.05, 0) is 0 Å². The molecule has 17 heavy (non-hydrogen) atoms. The summed E-state index contributed by atoms with van der Waals surface area (Å²) < 4.78 is 38.0. The average molecular weight is 305 g/mol. The van der Waals surface area contributed by atoms with Crippen LogP contribution in [0.1, 0.15) is 11.3 Å². The van der Waals surface area contributed by atoms with E-state index in [0.717, 1.165) is 0 Å². The normalized spacial score (nSPS) is 11.8. The molecule has 2 rings (SSSR count). The molecular weight excluding hydrogens is 297 g/mol. The van der Waals surface area contributed by atoms with Gasteiger partial charge in [-0.2, -0.15) is 18.3 Å². The lowest BCUT2D eigenvalue weighted by Crippen LogP contribution is -2.08. The molecule has 0 saturated carbocycles. The van der Waals surface area contributed by atoms with Crippen molar-refractivity contribution in [3.8, 4) is 11.3 Å². The lowest BCUT2D eigenvalue weighted by atomic mass is 10.1. The average Bonchev–Trinajstić information content (AvgIpc) is 2.73. The lowest BCUT2D eigenvalue weighted by Gasteiger charge is -2.06. The first-order valence-electron chi connectivity index (χ1n) is 4.80. The topological polar surface area (TPSA) is 28.7 Å². The minimum atomic E-state index is -4.41. The first-order valence-corrected chi connectivity index (χ1v) is 5.92. The summed E-state index contributed by atoms with van der Waals surface area (Å²) in [5.41, 5.74) is 0.320. The highest BCUT2D eigenvalue weighted by Gasteiger charge is 2.36. The number of H-pyrrole nitrogens is 1. The van der Waals surface area contributed by atoms with Gasteiger partial charge >= 0.3 is 6.18 Å². The summed E-state index contributed by atoms with van der Waals surface area (Å²) in [6.45, 7) is 0. The van der Waals surface area contributed by atoms with Crippen molar-refractivity contribution in [1.82, 2.24) is 10.2 Å². The molecule has 0 unspecified atom stereocenters. The van der Waals surface area contributed by atoms with Crippen LogP contribution in [0.15, 0.2) is 30.3 Å². The van der Waals surface area contributed by atoms with Crippen LogP contribution in [0, 0.1) is 0 Å². The van der Waals surface area contributed by atoms with E-state index in [4.69, 9.17) is 0 Å². The Kier molecular flexibility index (Phi) is 3.24. The van der Waals surface area contributed by atoms with Crippen molar-refractivity contribution >= 4 is 15.9 Å². The number of aromatic amines is 1. The summed E-state index contributed by atoms with van der Waals surface area (Å²) in [6, 6.07) is 8.77. The SMILES string of the molecule is FC(F)(F)c1[nH]nc(-c2ccccc2)c1CBr. The quantitative estimate of drug-likeness (QED) is 0.835. The van der Waals surface area contributed by atoms with E-state index in [1.54, 1.807) is 30.3 Å². The van der Waals surface area contributed by atoms with Crippen molar-refractivity contribution in [3.63, 3.8) is 0 Å². The van der Waals surface area contributed by atoms with E-state index in [0.29, 0.717) is 11.3 Å². The van der Waals surface area contributed by atoms with Crippen LogP contribution in [0.3, 0.4) is 0 Å². The van der Waals surface area contributed by atoms with Crippen LogP contribution in [0.25, 0.3) is 11.3 Å². The van der Waals surface area contributed by atoms with E-state index in [2.05, 4.69) is 26.1 Å². The van der Waals surface area contributed by atoms with Gasteiger partial charge in [-0.1, -0.05) is 46.3 Å². The fourth-order valence-corrected chi connectivity index (χ4v) is 2.11. The standard InChI is InChI=1S/C11H8BrF3N2/c12-6-8-9(7-4-2-1-3-5-7)16-17-10(8)11(13,14)15/h1-5H,6H2,(H,16,17). The zero-order chi connectivity index (χ0) is 12.5. The molecule has 1 N–H and O–H groups in total. The molecule has 0 saturated heterocycles. The van der Waals surface area contributed by atoms with Crippen LogP contribution in [0.4, 0.5) is 13.2 Å². The third-order valence-corrected chi connectivity index (χ3v) is 2.89. The fourth-order valence-electron chi connectivity index (χ4n) is 1.56. The zero-order valence-corrected chi connectivity index (χ0v) is 10.1. The van der Waals surface area contributed by atoms with Gasteiger partial charge in [0.15, 0.2) is 0 Å². The predicted octanol–water partition coefficient (Wildman–Crippen LogP) is 3.99. The van der Waals surface area contributed by atoms with Crippen LogP contribution in [0.5, 0.6) is 0 Å². The smallest absolute Gasteiger partial charge is 0.273 e. The van der Waals surface area contributed by atoms with Gasteiger partial charge in [0, 0.05) is 16.5 Å². The van der Waals surface area contributed by atoms with Gasteiger partial charge in [0.25, 0.3) is 0 Å². The summed E-state index contributed by atoms with van der Waals surface area (Å²) in [7, 11) is 0. The third-order valence-electron chi connectivity index (χ3n) is 2.33. The molecule has 1 heterocycles. The van der Waals surface area contributed by atoms with E-state index in [-0.39, 0.29) is 10.9 Å². The van der Waals surface area contributed by atoms with Crippen LogP contribution in [-0.2, 0) is 11.5 Å². The summed E-state index contributed by atoms with van der Waals surface area (Å²) in [5.74, 6) is 0. The first-order chi connectivity index (χ1) is 8.04. The highest BCUT2D eigenvalue weighted by atomic mass is 79.9. The van der Waals surface area contributed by atoms with Crippen LogP contribution < -0.4 is 0 Å². The number of hydrogen-bond acceptors (Lipinski definition) is 1. The fraction of sp³-hybridized carbons (Fsp3) is 0.182. The van der Waals surface area contributed by atoms with Crippen molar-refractivity contribution in [3.05, 3.63) is 41.6 Å². The Morgan fingerprint density at radius 2 is 1.82 bits per heavy atom. The first kappa shape index (κ1) is 12.2. The van der Waals surface area contributed by atoms with Crippen LogP contribution in [-0.4, -0.2) is 10.2 Å². The molecule has 2 aromatic rings. The van der Waals surface area contributed by atoms with Crippen molar-refractivity contribution in [1.29, 1.82) is 0 Å². The molecule has 1 aromatic heterocycles. The molecule has 2 nitrogen and oxygen atoms in total. The number of nitrogens with one attached hydrogen (secondary N) is 1. The lowest BCUT2D eigenvalue weighted by molar-refractivity contribution is -0.141. The van der Waals surface area contributed by atoms with Gasteiger partial charge in [-0.25, -0.2) is 0 Å². The Morgan fingerprint density at radius 1 is 1.18 bits per heavy atom. The van der Waals surface area contributed by atoms with Gasteiger partial charge < -0.3 is 0 Å². The summed E-state index contributed by atoms with van der Waals surface area (Å²) >= 11 is 3.07. The van der Waals surface area contributed by atoms with Gasteiger partial charge in [-0.15, -0.1) is 0 Å². The summed E-state index contributed by atoms with van der Waals surface area (Å²) in [4.78, 5) is 0. The highest BCUT2D eigenvalue weighted by Crippen LogP contribution is 2.35. The molecule has 6 heteroatoms. The largest absolute Gasteiger partial charge is 0.433 e. The molecule has 0 aliphatic rings. The van der Waals surface area contributed by atoms with Crippen molar-refractivity contribution in [2.24, 2.45) is 0 Å². The van der Waals surface area contributed by atoms with Gasteiger partial charge in [0.2, 0.25) is 0 Å². The predicted molar refractivity (Wildman–Crippen MR) is 61.7 cm³/mol. The van der Waals surface area contributed by atoms with E-state index < -0.39 is 11.9 Å². The van der Waals surface area contributed by atoms with Crippen LogP contribution in [0.2, 0.25) is 0 Å². The highest BCUT2D eigenvalue weighted by molar-refractivity contribution is 9.08. The Labute approximate surface area is 104 Å². The number of benzene rings is 1. The minimum Gasteiger partial charge on any atom is -0.273 e. The maximum Gasteiger partial charge on any atom is 0.433 e. The second-order valence-electron chi connectivity index (χ2n) is 3.42. The van der Waals surface area contributed by atoms with Crippen molar-refractivity contribution in [2.75, 3.05) is 0 Å². The minimum absolute atomic E-state index is 0.0998. The third kappa shape index (κ3) is 2.36. The summed E-state index contributed by atoms with van der Waals surface area (Å²) in [5, 5.41) is 5.91. The van der Waals surface area contributed by atoms with Gasteiger partial charge in [-0.3, -0.25) is 5.10 Å². The number of rotatable bonds is 2. The summed E-state index contributed by atoms with van der Waals surface area (Å²) in [6.07, 6.45) is -4.41. The molecule has 0 aliphatic heterocycles. The Balaban J connectivity index is 2.54. The second kappa shape index (κ2) is 4.52. The zero-order valence-electron chi connectivity index (χ0n) is 8.55. The van der Waals surface area contributed by atoms with E-state index in [1.165, 1.54) is 0 Å². The van der Waals surface area contributed by atoms with Gasteiger partial charge in [0.1, 0.15) is 5.69 Å². The number of nitrogens with zero attached hydrogens (tertiary/aromatic N) is 1. The van der Waals surface area contributed by atoms with E-state index >= 15 is 0 Å². The molecule has 0 fully saturated rings. The molecule has 90 valence electrons. The van der Waals surface area contributed by atoms with Gasteiger partial charge in [0.05, 0.1) is 5.69 Å². The molecule has 0 amide bonds. The molecule has 0 radical (unpaired) electrons. The van der Waals surface area contributed by atoms with E-state index in [1.807, 2.05) is 0 Å².